The molecule has 0 aliphatic heterocycles. The van der Waals surface area contributed by atoms with Crippen molar-refractivity contribution in [3.05, 3.63) is 35.8 Å². The van der Waals surface area contributed by atoms with E-state index < -0.39 is 0 Å². The molecule has 19 heavy (non-hydrogen) atoms. The first-order chi connectivity index (χ1) is 9.10. The van der Waals surface area contributed by atoms with E-state index in [4.69, 9.17) is 9.52 Å². The average Bonchev–Trinajstić information content (AvgIpc) is 2.75. The van der Waals surface area contributed by atoms with Crippen LogP contribution < -0.4 is 5.32 Å². The number of benzene rings is 1. The van der Waals surface area contributed by atoms with Crippen molar-refractivity contribution in [2.45, 2.75) is 32.9 Å². The molecule has 0 aliphatic carbocycles. The molecule has 0 fully saturated rings. The lowest BCUT2D eigenvalue weighted by Crippen LogP contribution is -2.34. The molecule has 2 aromatic rings. The zero-order valence-corrected chi connectivity index (χ0v) is 11.3. The van der Waals surface area contributed by atoms with E-state index in [2.05, 4.69) is 19.2 Å². The van der Waals surface area contributed by atoms with E-state index in [0.717, 1.165) is 11.1 Å². The second-order valence-electron chi connectivity index (χ2n) is 5.14. The van der Waals surface area contributed by atoms with E-state index >= 15 is 0 Å². The average molecular weight is 265 g/mol. The van der Waals surface area contributed by atoms with Gasteiger partial charge in [0.15, 0.2) is 0 Å². The Morgan fingerprint density at radius 3 is 2.79 bits per heavy atom. The van der Waals surface area contributed by atoms with Gasteiger partial charge in [0.25, 0.3) is 0 Å². The molecule has 2 rings (SSSR count). The highest BCUT2D eigenvalue weighted by Crippen LogP contribution is 2.20. The Morgan fingerprint density at radius 1 is 1.32 bits per heavy atom. The van der Waals surface area contributed by atoms with E-state index in [1.807, 2.05) is 6.07 Å². The molecular weight excluding hydrogens is 245 g/mol. The fraction of sp³-hybridized carbons (Fsp3) is 0.467. The molecule has 0 saturated heterocycles. The summed E-state index contributed by atoms with van der Waals surface area (Å²) in [6.45, 7) is 4.98. The fourth-order valence-electron chi connectivity index (χ4n) is 2.20. The maximum absolute atomic E-state index is 13.1. The standard InChI is InChI=1S/C15H20FNO2/c1-10(2)14(5-6-18)17-9-13-8-11-7-12(16)3-4-15(11)19-13/h3-4,7-8,10,14,17-18H,5-6,9H2,1-2H3. The van der Waals surface area contributed by atoms with Gasteiger partial charge in [-0.25, -0.2) is 4.39 Å². The van der Waals surface area contributed by atoms with Crippen LogP contribution in [-0.4, -0.2) is 17.8 Å². The summed E-state index contributed by atoms with van der Waals surface area (Å²) in [4.78, 5) is 0. The highest BCUT2D eigenvalue weighted by Gasteiger charge is 2.13. The molecule has 104 valence electrons. The van der Waals surface area contributed by atoms with Crippen molar-refractivity contribution >= 4 is 11.0 Å². The summed E-state index contributed by atoms with van der Waals surface area (Å²) in [5, 5.41) is 13.2. The Balaban J connectivity index is 2.04. The Bertz CT molecular complexity index is 536. The smallest absolute Gasteiger partial charge is 0.134 e. The number of nitrogens with one attached hydrogen (secondary N) is 1. The topological polar surface area (TPSA) is 45.4 Å². The van der Waals surface area contributed by atoms with Gasteiger partial charge in [-0.3, -0.25) is 0 Å². The lowest BCUT2D eigenvalue weighted by atomic mass is 10.0. The van der Waals surface area contributed by atoms with Crippen LogP contribution in [0.15, 0.2) is 28.7 Å². The molecule has 0 radical (unpaired) electrons. The van der Waals surface area contributed by atoms with Crippen molar-refractivity contribution in [3.63, 3.8) is 0 Å². The Hall–Kier alpha value is -1.39. The Labute approximate surface area is 112 Å². The molecule has 0 spiro atoms. The van der Waals surface area contributed by atoms with Gasteiger partial charge in [0.1, 0.15) is 17.2 Å². The normalized spacial score (nSPS) is 13.3. The summed E-state index contributed by atoms with van der Waals surface area (Å²) >= 11 is 0. The van der Waals surface area contributed by atoms with E-state index in [-0.39, 0.29) is 18.5 Å². The van der Waals surface area contributed by atoms with Crippen molar-refractivity contribution in [3.8, 4) is 0 Å². The minimum absolute atomic E-state index is 0.168. The minimum atomic E-state index is -0.256. The first-order valence-electron chi connectivity index (χ1n) is 6.62. The molecule has 0 amide bonds. The molecule has 0 aliphatic rings. The van der Waals surface area contributed by atoms with Crippen LogP contribution in [-0.2, 0) is 6.54 Å². The zero-order chi connectivity index (χ0) is 13.8. The van der Waals surface area contributed by atoms with Gasteiger partial charge in [-0.2, -0.15) is 0 Å². The summed E-state index contributed by atoms with van der Waals surface area (Å²) in [6.07, 6.45) is 0.715. The number of hydrogen-bond donors (Lipinski definition) is 2. The SMILES string of the molecule is CC(C)C(CCO)NCc1cc2cc(F)ccc2o1. The van der Waals surface area contributed by atoms with Crippen LogP contribution in [0, 0.1) is 11.7 Å². The first-order valence-corrected chi connectivity index (χ1v) is 6.62. The predicted molar refractivity (Wildman–Crippen MR) is 73.3 cm³/mol. The molecule has 1 unspecified atom stereocenters. The highest BCUT2D eigenvalue weighted by molar-refractivity contribution is 5.77. The molecule has 0 bridgehead atoms. The van der Waals surface area contributed by atoms with Crippen LogP contribution >= 0.6 is 0 Å². The summed E-state index contributed by atoms with van der Waals surface area (Å²) in [6, 6.07) is 6.60. The van der Waals surface area contributed by atoms with Crippen molar-refractivity contribution < 1.29 is 13.9 Å². The quantitative estimate of drug-likeness (QED) is 0.843. The van der Waals surface area contributed by atoms with Gasteiger partial charge in [0.05, 0.1) is 6.54 Å². The molecular formula is C15H20FNO2. The molecule has 0 saturated carbocycles. The van der Waals surface area contributed by atoms with Crippen molar-refractivity contribution in [1.82, 2.24) is 5.32 Å². The van der Waals surface area contributed by atoms with E-state index in [1.165, 1.54) is 12.1 Å². The number of aliphatic hydroxyl groups excluding tert-OH is 1. The Kier molecular flexibility index (Phi) is 4.56. The van der Waals surface area contributed by atoms with Crippen LogP contribution in [0.2, 0.25) is 0 Å². The van der Waals surface area contributed by atoms with Gasteiger partial charge in [-0.15, -0.1) is 0 Å². The van der Waals surface area contributed by atoms with E-state index in [0.29, 0.717) is 24.5 Å². The maximum Gasteiger partial charge on any atom is 0.134 e. The molecule has 3 nitrogen and oxygen atoms in total. The number of rotatable bonds is 6. The van der Waals surface area contributed by atoms with Gasteiger partial charge in [-0.1, -0.05) is 13.8 Å². The van der Waals surface area contributed by atoms with Gasteiger partial charge < -0.3 is 14.8 Å². The largest absolute Gasteiger partial charge is 0.460 e. The summed E-state index contributed by atoms with van der Waals surface area (Å²) in [5.41, 5.74) is 0.696. The van der Waals surface area contributed by atoms with E-state index in [9.17, 15) is 4.39 Å². The minimum Gasteiger partial charge on any atom is -0.460 e. The summed E-state index contributed by atoms with van der Waals surface area (Å²) in [7, 11) is 0. The third-order valence-electron chi connectivity index (χ3n) is 3.31. The Morgan fingerprint density at radius 2 is 2.11 bits per heavy atom. The van der Waals surface area contributed by atoms with Gasteiger partial charge in [-0.05, 0) is 36.6 Å². The number of hydrogen-bond acceptors (Lipinski definition) is 3. The predicted octanol–water partition coefficient (Wildman–Crippen LogP) is 3.07. The first kappa shape index (κ1) is 14.0. The van der Waals surface area contributed by atoms with Crippen LogP contribution in [0.4, 0.5) is 4.39 Å². The molecule has 4 heteroatoms. The molecule has 1 aromatic carbocycles. The van der Waals surface area contributed by atoms with Crippen molar-refractivity contribution in [1.29, 1.82) is 0 Å². The monoisotopic (exact) mass is 265 g/mol. The molecule has 1 atom stereocenters. The number of aliphatic hydroxyl groups is 1. The van der Waals surface area contributed by atoms with Crippen LogP contribution in [0.1, 0.15) is 26.0 Å². The van der Waals surface area contributed by atoms with Gasteiger partial charge >= 0.3 is 0 Å². The molecule has 1 heterocycles. The molecule has 1 aromatic heterocycles. The molecule has 2 N–H and O–H groups in total. The maximum atomic E-state index is 13.1. The lowest BCUT2D eigenvalue weighted by Gasteiger charge is -2.20. The lowest BCUT2D eigenvalue weighted by molar-refractivity contribution is 0.241. The number of furan rings is 1. The third kappa shape index (κ3) is 3.55. The van der Waals surface area contributed by atoms with Gasteiger partial charge in [0.2, 0.25) is 0 Å². The number of fused-ring (bicyclic) bond motifs is 1. The van der Waals surface area contributed by atoms with Crippen LogP contribution in [0.5, 0.6) is 0 Å². The third-order valence-corrected chi connectivity index (χ3v) is 3.31. The number of halogens is 1. The van der Waals surface area contributed by atoms with E-state index in [1.54, 1.807) is 6.07 Å². The van der Waals surface area contributed by atoms with Crippen molar-refractivity contribution in [2.75, 3.05) is 6.61 Å². The van der Waals surface area contributed by atoms with Crippen LogP contribution in [0.3, 0.4) is 0 Å². The second kappa shape index (κ2) is 6.17. The van der Waals surface area contributed by atoms with Gasteiger partial charge in [0, 0.05) is 18.0 Å². The summed E-state index contributed by atoms with van der Waals surface area (Å²) < 4.78 is 18.7. The highest BCUT2D eigenvalue weighted by atomic mass is 19.1. The summed E-state index contributed by atoms with van der Waals surface area (Å²) in [5.74, 6) is 0.964. The second-order valence-corrected chi connectivity index (χ2v) is 5.14. The fourth-order valence-corrected chi connectivity index (χ4v) is 2.20. The zero-order valence-electron chi connectivity index (χ0n) is 11.3. The van der Waals surface area contributed by atoms with Crippen molar-refractivity contribution in [2.24, 2.45) is 5.92 Å². The van der Waals surface area contributed by atoms with Crippen LogP contribution in [0.25, 0.3) is 11.0 Å².